The minimum Gasteiger partial charge on any atom is -0.348 e. The van der Waals surface area contributed by atoms with Gasteiger partial charge >= 0.3 is 25.7 Å². The van der Waals surface area contributed by atoms with Gasteiger partial charge in [-0.3, -0.25) is 0 Å². The SMILES string of the molecule is CC(C)=CCC/C(C)=C/C(=O)OP(=O)(OC(=O)/C=C(\C)CCC=C(C)C)OC(=O)/C=C(\C)CCC=C(C)C. The summed E-state index contributed by atoms with van der Waals surface area (Å²) in [5, 5.41) is 0. The Morgan fingerprint density at radius 2 is 0.737 bits per heavy atom. The summed E-state index contributed by atoms with van der Waals surface area (Å²) in [6.07, 6.45) is 13.4. The Hall–Kier alpha value is -2.92. The lowest BCUT2D eigenvalue weighted by atomic mass is 10.1. The highest BCUT2D eigenvalue weighted by atomic mass is 31.2. The van der Waals surface area contributed by atoms with Crippen molar-refractivity contribution in [3.05, 3.63) is 69.9 Å². The average Bonchev–Trinajstić information content (AvgIpc) is 2.71. The van der Waals surface area contributed by atoms with Gasteiger partial charge in [0.15, 0.2) is 0 Å². The van der Waals surface area contributed by atoms with Crippen LogP contribution in [0.2, 0.25) is 0 Å². The van der Waals surface area contributed by atoms with Crippen molar-refractivity contribution in [2.24, 2.45) is 0 Å². The van der Waals surface area contributed by atoms with Gasteiger partial charge in [0.2, 0.25) is 0 Å². The molecule has 0 aromatic rings. The van der Waals surface area contributed by atoms with Gasteiger partial charge in [-0.05, 0) is 101 Å². The number of rotatable bonds is 15. The molecule has 0 heterocycles. The first-order valence-corrected chi connectivity index (χ1v) is 14.3. The molecule has 7 nitrogen and oxygen atoms in total. The lowest BCUT2D eigenvalue weighted by Crippen LogP contribution is -2.12. The first kappa shape index (κ1) is 35.1. The molecular weight excluding hydrogens is 503 g/mol. The molecule has 0 atom stereocenters. The number of phosphoric acid groups is 1. The second-order valence-corrected chi connectivity index (χ2v) is 11.6. The molecule has 0 aliphatic carbocycles. The molecule has 0 bridgehead atoms. The summed E-state index contributed by atoms with van der Waals surface area (Å²) in [5.41, 5.74) is 5.46. The third-order valence-corrected chi connectivity index (χ3v) is 6.18. The lowest BCUT2D eigenvalue weighted by Gasteiger charge is -2.15. The van der Waals surface area contributed by atoms with E-state index < -0.39 is 25.7 Å². The van der Waals surface area contributed by atoms with Gasteiger partial charge < -0.3 is 13.6 Å². The van der Waals surface area contributed by atoms with E-state index in [4.69, 9.17) is 13.6 Å². The van der Waals surface area contributed by atoms with Crippen LogP contribution in [0.1, 0.15) is 101 Å². The van der Waals surface area contributed by atoms with E-state index in [0.717, 1.165) is 34.9 Å². The maximum absolute atomic E-state index is 13.3. The monoisotopic (exact) mass is 548 g/mol. The van der Waals surface area contributed by atoms with Gasteiger partial charge in [0.25, 0.3) is 0 Å². The van der Waals surface area contributed by atoms with Crippen LogP contribution in [0.15, 0.2) is 69.9 Å². The average molecular weight is 549 g/mol. The van der Waals surface area contributed by atoms with Gasteiger partial charge in [0, 0.05) is 18.2 Å². The predicted octanol–water partition coefficient (Wildman–Crippen LogP) is 8.80. The molecule has 0 rings (SSSR count). The van der Waals surface area contributed by atoms with Crippen molar-refractivity contribution < 1.29 is 32.5 Å². The Bertz CT molecular complexity index is 923. The van der Waals surface area contributed by atoms with Crippen LogP contribution in [0.3, 0.4) is 0 Å². The zero-order valence-electron chi connectivity index (χ0n) is 24.5. The van der Waals surface area contributed by atoms with Crippen molar-refractivity contribution in [2.75, 3.05) is 0 Å². The zero-order chi connectivity index (χ0) is 29.3. The first-order valence-electron chi connectivity index (χ1n) is 12.8. The van der Waals surface area contributed by atoms with Crippen molar-refractivity contribution in [1.29, 1.82) is 0 Å². The Labute approximate surface area is 229 Å². The minimum absolute atomic E-state index is 0.575. The quantitative estimate of drug-likeness (QED) is 0.115. The van der Waals surface area contributed by atoms with E-state index in [-0.39, 0.29) is 0 Å². The molecule has 0 aromatic heterocycles. The molecular formula is C30H45O7P. The topological polar surface area (TPSA) is 96.0 Å². The summed E-state index contributed by atoms with van der Waals surface area (Å²) < 4.78 is 28.0. The van der Waals surface area contributed by atoms with E-state index in [2.05, 4.69) is 0 Å². The largest absolute Gasteiger partial charge is 0.654 e. The molecule has 212 valence electrons. The van der Waals surface area contributed by atoms with Crippen LogP contribution < -0.4 is 0 Å². The van der Waals surface area contributed by atoms with Crippen LogP contribution in [0.4, 0.5) is 0 Å². The van der Waals surface area contributed by atoms with E-state index in [1.54, 1.807) is 20.8 Å². The summed E-state index contributed by atoms with van der Waals surface area (Å²) in [6, 6.07) is 0. The number of carbonyl (C=O) groups excluding carboxylic acids is 3. The lowest BCUT2D eigenvalue weighted by molar-refractivity contribution is -0.138. The van der Waals surface area contributed by atoms with Crippen LogP contribution in [-0.4, -0.2) is 17.9 Å². The number of phosphoric ester groups is 1. The van der Waals surface area contributed by atoms with Crippen LogP contribution in [0.25, 0.3) is 0 Å². The summed E-state index contributed by atoms with van der Waals surface area (Å²) in [4.78, 5) is 37.4. The maximum Gasteiger partial charge on any atom is 0.654 e. The molecule has 0 N–H and O–H groups in total. The second-order valence-electron chi connectivity index (χ2n) is 10.1. The summed E-state index contributed by atoms with van der Waals surface area (Å²) in [6.45, 7) is 17.0. The number of hydrogen-bond acceptors (Lipinski definition) is 7. The minimum atomic E-state index is -4.90. The Morgan fingerprint density at radius 3 is 0.947 bits per heavy atom. The van der Waals surface area contributed by atoms with Crippen LogP contribution in [-0.2, 0) is 32.5 Å². The Balaban J connectivity index is 5.67. The molecule has 0 saturated carbocycles. The normalized spacial score (nSPS) is 12.3. The smallest absolute Gasteiger partial charge is 0.348 e. The van der Waals surface area contributed by atoms with Crippen molar-refractivity contribution in [3.8, 4) is 0 Å². The molecule has 0 saturated heterocycles. The van der Waals surface area contributed by atoms with Crippen molar-refractivity contribution in [1.82, 2.24) is 0 Å². The van der Waals surface area contributed by atoms with Crippen LogP contribution in [0, 0.1) is 0 Å². The maximum atomic E-state index is 13.3. The fourth-order valence-corrected chi connectivity index (χ4v) is 3.98. The van der Waals surface area contributed by atoms with E-state index >= 15 is 0 Å². The fraction of sp³-hybridized carbons (Fsp3) is 0.500. The molecule has 0 aromatic carbocycles. The highest BCUT2D eigenvalue weighted by Crippen LogP contribution is 2.50. The molecule has 0 amide bonds. The first-order chi connectivity index (χ1) is 17.6. The molecule has 38 heavy (non-hydrogen) atoms. The van der Waals surface area contributed by atoms with Gasteiger partial charge in [0.05, 0.1) is 0 Å². The van der Waals surface area contributed by atoms with Gasteiger partial charge in [-0.2, -0.15) is 4.57 Å². The number of carbonyl (C=O) groups is 3. The summed E-state index contributed by atoms with van der Waals surface area (Å²) in [5.74, 6) is -3.09. The van der Waals surface area contributed by atoms with Crippen LogP contribution >= 0.6 is 7.82 Å². The standard InChI is InChI=1S/C30H45O7P/c1-22(2)13-10-16-25(7)19-28(31)35-38(34,36-29(32)20-26(8)17-11-14-23(3)4)37-30(33)21-27(9)18-12-15-24(5)6/h13-15,19-21H,10-12,16-18H2,1-9H3/b25-19+,26-20+,27-21+. The van der Waals surface area contributed by atoms with Crippen molar-refractivity contribution in [2.45, 2.75) is 101 Å². The summed E-state index contributed by atoms with van der Waals surface area (Å²) >= 11 is 0. The van der Waals surface area contributed by atoms with E-state index in [9.17, 15) is 18.9 Å². The van der Waals surface area contributed by atoms with E-state index in [1.165, 1.54) is 0 Å². The second kappa shape index (κ2) is 18.4. The zero-order valence-corrected chi connectivity index (χ0v) is 25.4. The molecule has 0 aliphatic heterocycles. The molecule has 0 aliphatic rings. The van der Waals surface area contributed by atoms with E-state index in [1.807, 2.05) is 59.8 Å². The molecule has 0 radical (unpaired) electrons. The van der Waals surface area contributed by atoms with Gasteiger partial charge in [-0.15, -0.1) is 0 Å². The van der Waals surface area contributed by atoms with Gasteiger partial charge in [-0.25, -0.2) is 14.4 Å². The van der Waals surface area contributed by atoms with Gasteiger partial charge in [0.1, 0.15) is 0 Å². The van der Waals surface area contributed by atoms with E-state index in [0.29, 0.717) is 55.2 Å². The number of hydrogen-bond donors (Lipinski definition) is 0. The highest BCUT2D eigenvalue weighted by Gasteiger charge is 2.38. The van der Waals surface area contributed by atoms with Crippen LogP contribution in [0.5, 0.6) is 0 Å². The summed E-state index contributed by atoms with van der Waals surface area (Å²) in [7, 11) is -4.90. The third-order valence-electron chi connectivity index (χ3n) is 4.97. The Morgan fingerprint density at radius 1 is 0.500 bits per heavy atom. The van der Waals surface area contributed by atoms with Crippen molar-refractivity contribution in [3.63, 3.8) is 0 Å². The molecule has 0 unspecified atom stereocenters. The van der Waals surface area contributed by atoms with Crippen molar-refractivity contribution >= 4 is 25.7 Å². The van der Waals surface area contributed by atoms with Gasteiger partial charge in [-0.1, -0.05) is 51.7 Å². The predicted molar refractivity (Wildman–Crippen MR) is 153 cm³/mol. The fourth-order valence-electron chi connectivity index (χ4n) is 3.05. The third kappa shape index (κ3) is 19.2. The molecule has 0 spiro atoms. The highest BCUT2D eigenvalue weighted by molar-refractivity contribution is 7.50. The Kier molecular flexibility index (Phi) is 16.9. The number of allylic oxidation sites excluding steroid dienone is 9. The molecule has 8 heteroatoms. The molecule has 0 fully saturated rings.